The van der Waals surface area contributed by atoms with E-state index in [0.717, 1.165) is 12.5 Å². The summed E-state index contributed by atoms with van der Waals surface area (Å²) in [5.74, 6) is 1.36. The molecule has 0 aliphatic rings. The maximum atomic E-state index is 5.51. The summed E-state index contributed by atoms with van der Waals surface area (Å²) in [7, 11) is 0. The fourth-order valence-electron chi connectivity index (χ4n) is 1.20. The fourth-order valence-corrected chi connectivity index (χ4v) is 1.31. The lowest BCUT2D eigenvalue weighted by Gasteiger charge is -2.13. The van der Waals surface area contributed by atoms with Crippen LogP contribution in [0.15, 0.2) is 0 Å². The van der Waals surface area contributed by atoms with E-state index in [4.69, 9.17) is 16.3 Å². The maximum absolute atomic E-state index is 5.51. The van der Waals surface area contributed by atoms with Crippen LogP contribution in [0.1, 0.15) is 39.5 Å². The Balaban J connectivity index is 3.26. The van der Waals surface area contributed by atoms with Crippen molar-refractivity contribution in [1.29, 1.82) is 0 Å². The highest BCUT2D eigenvalue weighted by Gasteiger charge is 2.04. The number of halogens is 1. The van der Waals surface area contributed by atoms with Gasteiger partial charge < -0.3 is 4.74 Å². The van der Waals surface area contributed by atoms with Crippen LogP contribution in [0.5, 0.6) is 0 Å². The predicted molar refractivity (Wildman–Crippen MR) is 54.8 cm³/mol. The molecule has 0 aromatic heterocycles. The first-order chi connectivity index (χ1) is 5.85. The van der Waals surface area contributed by atoms with E-state index in [0.29, 0.717) is 12.5 Å². The van der Waals surface area contributed by atoms with Crippen LogP contribution >= 0.6 is 11.6 Å². The van der Waals surface area contributed by atoms with Gasteiger partial charge in [-0.3, -0.25) is 0 Å². The van der Waals surface area contributed by atoms with Gasteiger partial charge in [0.15, 0.2) is 0 Å². The smallest absolute Gasteiger partial charge is 0.0601 e. The number of ether oxygens (including phenoxy) is 1. The van der Waals surface area contributed by atoms with Crippen LogP contribution in [0.25, 0.3) is 0 Å². The highest BCUT2D eigenvalue weighted by atomic mass is 35.5. The zero-order chi connectivity index (χ0) is 9.23. The van der Waals surface area contributed by atoms with Crippen LogP contribution in [0, 0.1) is 5.92 Å². The van der Waals surface area contributed by atoms with E-state index >= 15 is 0 Å². The number of unbranched alkanes of at least 4 members (excludes halogenated alkanes) is 1. The van der Waals surface area contributed by atoms with Crippen molar-refractivity contribution in [2.45, 2.75) is 39.5 Å². The van der Waals surface area contributed by atoms with Crippen molar-refractivity contribution < 1.29 is 4.74 Å². The molecule has 0 aromatic rings. The molecule has 0 amide bonds. The van der Waals surface area contributed by atoms with E-state index < -0.39 is 0 Å². The third kappa shape index (κ3) is 6.93. The second kappa shape index (κ2) is 9.34. The molecule has 0 radical (unpaired) electrons. The molecule has 0 aliphatic carbocycles. The lowest BCUT2D eigenvalue weighted by atomic mass is 10.0. The molecule has 0 N–H and O–H groups in total. The molecule has 0 bridgehead atoms. The molecule has 0 spiro atoms. The number of hydrogen-bond donors (Lipinski definition) is 0. The second-order valence-electron chi connectivity index (χ2n) is 3.18. The molecule has 0 fully saturated rings. The Bertz CT molecular complexity index is 85.9. The van der Waals surface area contributed by atoms with Crippen LogP contribution in [0.4, 0.5) is 0 Å². The van der Waals surface area contributed by atoms with E-state index in [2.05, 4.69) is 13.8 Å². The minimum atomic E-state index is 0.615. The Morgan fingerprint density at radius 1 is 1.33 bits per heavy atom. The summed E-state index contributed by atoms with van der Waals surface area (Å²) in [6, 6.07) is 0. The quantitative estimate of drug-likeness (QED) is 0.423. The van der Waals surface area contributed by atoms with Gasteiger partial charge in [-0.25, -0.2) is 0 Å². The zero-order valence-corrected chi connectivity index (χ0v) is 9.07. The van der Waals surface area contributed by atoms with Gasteiger partial charge in [0.1, 0.15) is 0 Å². The largest absolute Gasteiger partial charge is 0.380 e. The summed E-state index contributed by atoms with van der Waals surface area (Å²) in [5, 5.41) is 0. The summed E-state index contributed by atoms with van der Waals surface area (Å²) >= 11 is 5.51. The van der Waals surface area contributed by atoms with Gasteiger partial charge in [0.2, 0.25) is 0 Å². The molecule has 1 nitrogen and oxygen atoms in total. The van der Waals surface area contributed by atoms with Crippen molar-refractivity contribution in [3.05, 3.63) is 0 Å². The highest BCUT2D eigenvalue weighted by molar-refractivity contribution is 6.17. The molecule has 2 heteroatoms. The summed E-state index contributed by atoms with van der Waals surface area (Å²) in [5.41, 5.74) is 0. The molecule has 0 saturated heterocycles. The average Bonchev–Trinajstić information content (AvgIpc) is 2.11. The molecular formula is C10H21ClO. The summed E-state index contributed by atoms with van der Waals surface area (Å²) in [6.07, 6.45) is 5.13. The first-order valence-electron chi connectivity index (χ1n) is 4.98. The van der Waals surface area contributed by atoms with Gasteiger partial charge in [-0.05, 0) is 12.3 Å². The predicted octanol–water partition coefficient (Wildman–Crippen LogP) is 3.46. The molecule has 12 heavy (non-hydrogen) atoms. The van der Waals surface area contributed by atoms with E-state index in [1.54, 1.807) is 0 Å². The van der Waals surface area contributed by atoms with Crippen molar-refractivity contribution in [2.75, 3.05) is 19.1 Å². The van der Waals surface area contributed by atoms with Gasteiger partial charge in [-0.15, -0.1) is 11.6 Å². The summed E-state index contributed by atoms with van der Waals surface area (Å²) < 4.78 is 5.40. The van der Waals surface area contributed by atoms with Crippen molar-refractivity contribution >= 4 is 11.6 Å². The van der Waals surface area contributed by atoms with Gasteiger partial charge in [0.25, 0.3) is 0 Å². The molecule has 0 rings (SSSR count). The minimum absolute atomic E-state index is 0.615. The molecule has 0 aliphatic heterocycles. The average molecular weight is 193 g/mol. The SMILES string of the molecule is CCCC[C@@H](CC)COCCCl. The first kappa shape index (κ1) is 12.2. The first-order valence-corrected chi connectivity index (χ1v) is 5.52. The lowest BCUT2D eigenvalue weighted by molar-refractivity contribution is 0.106. The topological polar surface area (TPSA) is 9.23 Å². The van der Waals surface area contributed by atoms with Crippen LogP contribution in [0.2, 0.25) is 0 Å². The Kier molecular flexibility index (Phi) is 9.53. The molecule has 0 heterocycles. The minimum Gasteiger partial charge on any atom is -0.380 e. The standard InChI is InChI=1S/C10H21ClO/c1-3-5-6-10(4-2)9-12-8-7-11/h10H,3-9H2,1-2H3/t10-/m1/s1. The van der Waals surface area contributed by atoms with Crippen LogP contribution in [-0.2, 0) is 4.74 Å². The van der Waals surface area contributed by atoms with Crippen LogP contribution in [-0.4, -0.2) is 19.1 Å². The fraction of sp³-hybridized carbons (Fsp3) is 1.00. The Morgan fingerprint density at radius 3 is 2.58 bits per heavy atom. The normalized spacial score (nSPS) is 13.2. The summed E-state index contributed by atoms with van der Waals surface area (Å²) in [4.78, 5) is 0. The molecule has 0 aromatic carbocycles. The second-order valence-corrected chi connectivity index (χ2v) is 3.56. The van der Waals surface area contributed by atoms with E-state index in [1.807, 2.05) is 0 Å². The maximum Gasteiger partial charge on any atom is 0.0601 e. The summed E-state index contributed by atoms with van der Waals surface area (Å²) in [6.45, 7) is 6.05. The number of rotatable bonds is 8. The zero-order valence-electron chi connectivity index (χ0n) is 8.31. The Labute approximate surface area is 81.4 Å². The number of alkyl halides is 1. The van der Waals surface area contributed by atoms with Gasteiger partial charge in [-0.2, -0.15) is 0 Å². The van der Waals surface area contributed by atoms with Gasteiger partial charge in [0, 0.05) is 12.5 Å². The highest BCUT2D eigenvalue weighted by Crippen LogP contribution is 2.12. The monoisotopic (exact) mass is 192 g/mol. The molecular weight excluding hydrogens is 172 g/mol. The lowest BCUT2D eigenvalue weighted by Crippen LogP contribution is -2.10. The number of hydrogen-bond acceptors (Lipinski definition) is 1. The molecule has 0 saturated carbocycles. The molecule has 1 atom stereocenters. The Morgan fingerprint density at radius 2 is 2.08 bits per heavy atom. The van der Waals surface area contributed by atoms with E-state index in [9.17, 15) is 0 Å². The molecule has 0 unspecified atom stereocenters. The van der Waals surface area contributed by atoms with Crippen molar-refractivity contribution in [2.24, 2.45) is 5.92 Å². The third-order valence-corrected chi connectivity index (χ3v) is 2.27. The molecule has 74 valence electrons. The van der Waals surface area contributed by atoms with Crippen molar-refractivity contribution in [3.63, 3.8) is 0 Å². The van der Waals surface area contributed by atoms with Crippen LogP contribution < -0.4 is 0 Å². The van der Waals surface area contributed by atoms with Gasteiger partial charge in [-0.1, -0.05) is 33.1 Å². The van der Waals surface area contributed by atoms with Gasteiger partial charge >= 0.3 is 0 Å². The van der Waals surface area contributed by atoms with Crippen LogP contribution in [0.3, 0.4) is 0 Å². The third-order valence-electron chi connectivity index (χ3n) is 2.12. The van der Waals surface area contributed by atoms with E-state index in [-0.39, 0.29) is 0 Å². The Hall–Kier alpha value is 0.250. The van der Waals surface area contributed by atoms with E-state index in [1.165, 1.54) is 25.7 Å². The van der Waals surface area contributed by atoms with Crippen molar-refractivity contribution in [3.8, 4) is 0 Å². The van der Waals surface area contributed by atoms with Gasteiger partial charge in [0.05, 0.1) is 6.61 Å². The van der Waals surface area contributed by atoms with Crippen molar-refractivity contribution in [1.82, 2.24) is 0 Å².